The molecule has 10 heteroatoms. The molecule has 0 unspecified atom stereocenters. The molecule has 2 aromatic carbocycles. The number of halogens is 1. The number of rotatable bonds is 6. The van der Waals surface area contributed by atoms with Crippen LogP contribution in [0, 0.1) is 10.1 Å². The first-order valence-corrected chi connectivity index (χ1v) is 11.2. The first kappa shape index (κ1) is 20.7. The fraction of sp³-hybridized carbons (Fsp3) is 0.300. The summed E-state index contributed by atoms with van der Waals surface area (Å²) in [5.41, 5.74) is 0.930. The van der Waals surface area contributed by atoms with Crippen LogP contribution < -0.4 is 10.2 Å². The standard InChI is InChI=1S/C20H20BrN5O3S/c21-14-5-6-16-18(13-14)30-20(23-16)25-11-9-24(10-12-25)8-7-22-19(27)15-3-1-2-4-17(15)26(28)29/h1-6,13H,7-12H2,(H,22,27). The highest BCUT2D eigenvalue weighted by Crippen LogP contribution is 2.31. The van der Waals surface area contributed by atoms with Crippen molar-refractivity contribution in [3.05, 3.63) is 62.6 Å². The molecule has 1 fully saturated rings. The molecule has 3 aromatic rings. The van der Waals surface area contributed by atoms with E-state index >= 15 is 0 Å². The number of thiazole rings is 1. The number of hydrogen-bond donors (Lipinski definition) is 1. The molecule has 8 nitrogen and oxygen atoms in total. The predicted octanol–water partition coefficient (Wildman–Crippen LogP) is 3.52. The van der Waals surface area contributed by atoms with Crippen molar-refractivity contribution < 1.29 is 9.72 Å². The van der Waals surface area contributed by atoms with Crippen molar-refractivity contribution in [1.29, 1.82) is 0 Å². The van der Waals surface area contributed by atoms with Gasteiger partial charge in [0.25, 0.3) is 11.6 Å². The minimum absolute atomic E-state index is 0.0924. The fourth-order valence-electron chi connectivity index (χ4n) is 3.43. The summed E-state index contributed by atoms with van der Waals surface area (Å²) in [5.74, 6) is -0.415. The third kappa shape index (κ3) is 4.61. The lowest BCUT2D eigenvalue weighted by molar-refractivity contribution is -0.385. The van der Waals surface area contributed by atoms with E-state index in [2.05, 4.69) is 37.1 Å². The van der Waals surface area contributed by atoms with Crippen LogP contribution in [-0.4, -0.2) is 60.0 Å². The van der Waals surface area contributed by atoms with E-state index in [0.29, 0.717) is 13.1 Å². The Balaban J connectivity index is 1.27. The predicted molar refractivity (Wildman–Crippen MR) is 121 cm³/mol. The van der Waals surface area contributed by atoms with Gasteiger partial charge in [0, 0.05) is 49.8 Å². The normalized spacial score (nSPS) is 14.8. The molecular weight excluding hydrogens is 470 g/mol. The van der Waals surface area contributed by atoms with Gasteiger partial charge < -0.3 is 10.2 Å². The Kier molecular flexibility index (Phi) is 6.26. The van der Waals surface area contributed by atoms with E-state index in [1.54, 1.807) is 23.5 Å². The van der Waals surface area contributed by atoms with E-state index < -0.39 is 10.8 Å². The zero-order valence-corrected chi connectivity index (χ0v) is 18.5. The number of piperazine rings is 1. The zero-order valence-electron chi connectivity index (χ0n) is 16.1. The number of anilines is 1. The van der Waals surface area contributed by atoms with Gasteiger partial charge in [0.2, 0.25) is 0 Å². The third-order valence-electron chi connectivity index (χ3n) is 5.04. The Morgan fingerprint density at radius 3 is 2.73 bits per heavy atom. The van der Waals surface area contributed by atoms with Crippen molar-refractivity contribution in [2.45, 2.75) is 0 Å². The Morgan fingerprint density at radius 2 is 1.97 bits per heavy atom. The number of carbonyl (C=O) groups is 1. The minimum Gasteiger partial charge on any atom is -0.351 e. The van der Waals surface area contributed by atoms with Crippen molar-refractivity contribution in [2.24, 2.45) is 0 Å². The summed E-state index contributed by atoms with van der Waals surface area (Å²) in [7, 11) is 0. The van der Waals surface area contributed by atoms with E-state index in [4.69, 9.17) is 4.98 Å². The second-order valence-corrected chi connectivity index (χ2v) is 8.89. The second-order valence-electron chi connectivity index (χ2n) is 6.97. The molecule has 0 atom stereocenters. The topological polar surface area (TPSA) is 91.6 Å². The number of nitrogens with one attached hydrogen (secondary N) is 1. The summed E-state index contributed by atoms with van der Waals surface area (Å²) in [6.07, 6.45) is 0. The summed E-state index contributed by atoms with van der Waals surface area (Å²) in [5, 5.41) is 14.9. The Morgan fingerprint density at radius 1 is 1.20 bits per heavy atom. The van der Waals surface area contributed by atoms with Crippen LogP contribution in [0.2, 0.25) is 0 Å². The molecule has 2 heterocycles. The SMILES string of the molecule is O=C(NCCN1CCN(c2nc3ccc(Br)cc3s2)CC1)c1ccccc1[N+](=O)[O-]. The number of carbonyl (C=O) groups excluding carboxylic acids is 1. The average molecular weight is 490 g/mol. The maximum Gasteiger partial charge on any atom is 0.282 e. The highest BCUT2D eigenvalue weighted by atomic mass is 79.9. The summed E-state index contributed by atoms with van der Waals surface area (Å²) in [6.45, 7) is 4.65. The highest BCUT2D eigenvalue weighted by Gasteiger charge is 2.21. The number of nitro benzene ring substituents is 1. The molecule has 0 bridgehead atoms. The lowest BCUT2D eigenvalue weighted by Gasteiger charge is -2.34. The van der Waals surface area contributed by atoms with Gasteiger partial charge in [-0.3, -0.25) is 19.8 Å². The van der Waals surface area contributed by atoms with Crippen molar-refractivity contribution in [3.8, 4) is 0 Å². The smallest absolute Gasteiger partial charge is 0.282 e. The molecule has 0 radical (unpaired) electrons. The number of amides is 1. The summed E-state index contributed by atoms with van der Waals surface area (Å²) in [6, 6.07) is 12.1. The van der Waals surface area contributed by atoms with Crippen LogP contribution in [0.3, 0.4) is 0 Å². The second kappa shape index (κ2) is 9.07. The van der Waals surface area contributed by atoms with Crippen molar-refractivity contribution in [1.82, 2.24) is 15.2 Å². The Bertz CT molecular complexity index is 1080. The number of aromatic nitrogens is 1. The van der Waals surface area contributed by atoms with E-state index in [1.165, 1.54) is 16.8 Å². The first-order valence-electron chi connectivity index (χ1n) is 9.56. The van der Waals surface area contributed by atoms with Gasteiger partial charge in [-0.05, 0) is 24.3 Å². The van der Waals surface area contributed by atoms with Gasteiger partial charge in [-0.1, -0.05) is 39.4 Å². The van der Waals surface area contributed by atoms with Gasteiger partial charge in [0.05, 0.1) is 15.1 Å². The Labute approximate surface area is 185 Å². The van der Waals surface area contributed by atoms with Crippen LogP contribution in [0.4, 0.5) is 10.8 Å². The fourth-order valence-corrected chi connectivity index (χ4v) is 5.00. The van der Waals surface area contributed by atoms with Gasteiger partial charge in [0.15, 0.2) is 5.13 Å². The number of nitrogens with zero attached hydrogens (tertiary/aromatic N) is 4. The van der Waals surface area contributed by atoms with Crippen LogP contribution >= 0.6 is 27.3 Å². The third-order valence-corrected chi connectivity index (χ3v) is 6.61. The summed E-state index contributed by atoms with van der Waals surface area (Å²) >= 11 is 5.20. The van der Waals surface area contributed by atoms with Gasteiger partial charge in [-0.15, -0.1) is 0 Å². The molecular formula is C20H20BrN5O3S. The van der Waals surface area contributed by atoms with Crippen molar-refractivity contribution in [2.75, 3.05) is 44.2 Å². The number of benzene rings is 2. The molecule has 30 heavy (non-hydrogen) atoms. The van der Waals surface area contributed by atoms with Crippen LogP contribution in [0.1, 0.15) is 10.4 Å². The van der Waals surface area contributed by atoms with E-state index in [-0.39, 0.29) is 11.3 Å². The molecule has 1 N–H and O–H groups in total. The Hall–Kier alpha value is -2.56. The lowest BCUT2D eigenvalue weighted by Crippen LogP contribution is -2.48. The average Bonchev–Trinajstić information content (AvgIpc) is 3.17. The molecule has 0 aliphatic carbocycles. The van der Waals surface area contributed by atoms with Crippen molar-refractivity contribution in [3.63, 3.8) is 0 Å². The largest absolute Gasteiger partial charge is 0.351 e. The maximum atomic E-state index is 12.3. The molecule has 1 aromatic heterocycles. The minimum atomic E-state index is -0.533. The van der Waals surface area contributed by atoms with Crippen LogP contribution in [0.15, 0.2) is 46.9 Å². The van der Waals surface area contributed by atoms with E-state index in [9.17, 15) is 14.9 Å². The van der Waals surface area contributed by atoms with E-state index in [1.807, 2.05) is 12.1 Å². The monoisotopic (exact) mass is 489 g/mol. The van der Waals surface area contributed by atoms with Gasteiger partial charge in [-0.25, -0.2) is 4.98 Å². The molecule has 1 amide bonds. The zero-order chi connectivity index (χ0) is 21.1. The van der Waals surface area contributed by atoms with Gasteiger partial charge >= 0.3 is 0 Å². The molecule has 0 saturated carbocycles. The molecule has 1 aliphatic heterocycles. The highest BCUT2D eigenvalue weighted by molar-refractivity contribution is 9.10. The number of para-hydroxylation sites is 1. The summed E-state index contributed by atoms with van der Waals surface area (Å²) < 4.78 is 2.22. The maximum absolute atomic E-state index is 12.3. The number of fused-ring (bicyclic) bond motifs is 1. The molecule has 1 saturated heterocycles. The van der Waals surface area contributed by atoms with Crippen LogP contribution in [0.25, 0.3) is 10.2 Å². The lowest BCUT2D eigenvalue weighted by atomic mass is 10.1. The van der Waals surface area contributed by atoms with Gasteiger partial charge in [-0.2, -0.15) is 0 Å². The number of hydrogen-bond acceptors (Lipinski definition) is 7. The van der Waals surface area contributed by atoms with Crippen LogP contribution in [-0.2, 0) is 0 Å². The molecule has 1 aliphatic rings. The quantitative estimate of drug-likeness (QED) is 0.420. The van der Waals surface area contributed by atoms with Crippen molar-refractivity contribution >= 4 is 54.2 Å². The van der Waals surface area contributed by atoms with Gasteiger partial charge in [0.1, 0.15) is 5.56 Å². The first-order chi connectivity index (χ1) is 14.5. The molecule has 4 rings (SSSR count). The summed E-state index contributed by atoms with van der Waals surface area (Å²) in [4.78, 5) is 32.2. The van der Waals surface area contributed by atoms with Crippen LogP contribution in [0.5, 0.6) is 0 Å². The van der Waals surface area contributed by atoms with E-state index in [0.717, 1.165) is 41.3 Å². The molecule has 156 valence electrons. The molecule has 0 spiro atoms. The number of nitro groups is 1.